The Morgan fingerprint density at radius 3 is 2.62 bits per heavy atom. The molecule has 0 saturated heterocycles. The predicted octanol–water partition coefficient (Wildman–Crippen LogP) is 4.85. The fourth-order valence-corrected chi connectivity index (χ4v) is 3.27. The number of nitrogens with zero attached hydrogens (tertiary/aromatic N) is 3. The molecule has 8 heteroatoms. The molecule has 4 aromatic rings. The lowest BCUT2D eigenvalue weighted by Gasteiger charge is -2.10. The Kier molecular flexibility index (Phi) is 5.18. The van der Waals surface area contributed by atoms with Gasteiger partial charge in [0.05, 0.1) is 24.7 Å². The summed E-state index contributed by atoms with van der Waals surface area (Å²) < 4.78 is 13.6. The second-order valence-electron chi connectivity index (χ2n) is 6.21. The highest BCUT2D eigenvalue weighted by molar-refractivity contribution is 9.10. The summed E-state index contributed by atoms with van der Waals surface area (Å²) in [7, 11) is 1.58. The first-order chi connectivity index (χ1) is 14.0. The molecular weight excluding hydrogens is 436 g/mol. The number of ether oxygens (including phenoxy) is 2. The van der Waals surface area contributed by atoms with Crippen LogP contribution in [0.25, 0.3) is 5.65 Å². The third kappa shape index (κ3) is 3.93. The van der Waals surface area contributed by atoms with E-state index in [1.165, 1.54) is 6.20 Å². The van der Waals surface area contributed by atoms with Gasteiger partial charge in [-0.1, -0.05) is 12.1 Å². The minimum absolute atomic E-state index is 0.270. The minimum Gasteiger partial charge on any atom is -0.493 e. The van der Waals surface area contributed by atoms with Gasteiger partial charge in [-0.05, 0) is 53.2 Å². The topological polar surface area (TPSA) is 77.8 Å². The smallest absolute Gasteiger partial charge is 0.274 e. The third-order valence-electron chi connectivity index (χ3n) is 4.25. The van der Waals surface area contributed by atoms with Crippen LogP contribution in [-0.4, -0.2) is 27.4 Å². The van der Waals surface area contributed by atoms with E-state index in [4.69, 9.17) is 9.47 Å². The molecule has 1 N–H and O–H groups in total. The Morgan fingerprint density at radius 1 is 1.10 bits per heavy atom. The van der Waals surface area contributed by atoms with Gasteiger partial charge in [0.25, 0.3) is 5.91 Å². The summed E-state index contributed by atoms with van der Waals surface area (Å²) in [4.78, 5) is 21.5. The average Bonchev–Trinajstić information content (AvgIpc) is 3.05. The molecule has 0 aliphatic rings. The zero-order chi connectivity index (χ0) is 20.4. The maximum atomic E-state index is 12.8. The minimum atomic E-state index is -0.270. The summed E-state index contributed by atoms with van der Waals surface area (Å²) >= 11 is 3.42. The van der Waals surface area contributed by atoms with E-state index in [1.807, 2.05) is 30.5 Å². The molecule has 4 rings (SSSR count). The molecule has 0 atom stereocenters. The third-order valence-corrected chi connectivity index (χ3v) is 4.72. The highest BCUT2D eigenvalue weighted by atomic mass is 79.9. The monoisotopic (exact) mass is 452 g/mol. The first kappa shape index (κ1) is 18.9. The number of carbonyl (C=O) groups is 1. The number of fused-ring (bicyclic) bond motifs is 1. The van der Waals surface area contributed by atoms with Gasteiger partial charge in [-0.2, -0.15) is 0 Å². The first-order valence-electron chi connectivity index (χ1n) is 8.77. The van der Waals surface area contributed by atoms with Crippen LogP contribution in [0, 0.1) is 6.92 Å². The molecule has 0 spiro atoms. The number of aromatic nitrogens is 3. The Balaban J connectivity index is 1.53. The lowest BCUT2D eigenvalue weighted by Crippen LogP contribution is -2.15. The number of rotatable bonds is 5. The lowest BCUT2D eigenvalue weighted by molar-refractivity contribution is 0.102. The molecule has 7 nitrogen and oxygen atoms in total. The Hall–Kier alpha value is -3.39. The molecule has 0 unspecified atom stereocenters. The number of hydrogen-bond acceptors (Lipinski definition) is 5. The van der Waals surface area contributed by atoms with Crippen LogP contribution in [0.3, 0.4) is 0 Å². The molecule has 3 aromatic heterocycles. The molecule has 1 amide bonds. The number of hydrogen-bond donors (Lipinski definition) is 1. The van der Waals surface area contributed by atoms with Crippen molar-refractivity contribution in [1.29, 1.82) is 0 Å². The fourth-order valence-electron chi connectivity index (χ4n) is 2.93. The number of nitrogens with one attached hydrogen (secondary N) is 1. The van der Waals surface area contributed by atoms with E-state index in [1.54, 1.807) is 42.7 Å². The first-order valence-corrected chi connectivity index (χ1v) is 9.57. The Labute approximate surface area is 175 Å². The van der Waals surface area contributed by atoms with Crippen molar-refractivity contribution < 1.29 is 14.3 Å². The highest BCUT2D eigenvalue weighted by Gasteiger charge is 2.17. The molecule has 0 bridgehead atoms. The van der Waals surface area contributed by atoms with Crippen LogP contribution >= 0.6 is 15.9 Å². The van der Waals surface area contributed by atoms with Gasteiger partial charge in [0.2, 0.25) is 5.88 Å². The van der Waals surface area contributed by atoms with E-state index >= 15 is 0 Å². The number of amides is 1. The number of carbonyl (C=O) groups excluding carboxylic acids is 1. The molecule has 146 valence electrons. The standard InChI is InChI=1S/C21H17BrN4O3/c1-13-20(26-12-14(22)7-9-18(26)24-13)21(27)25-15-8-10-19(23-11-15)29-17-6-4-3-5-16(17)28-2/h3-12H,1-2H3,(H,25,27). The van der Waals surface area contributed by atoms with Gasteiger partial charge in [0.15, 0.2) is 11.5 Å². The molecule has 1 aromatic carbocycles. The highest BCUT2D eigenvalue weighted by Crippen LogP contribution is 2.30. The van der Waals surface area contributed by atoms with E-state index in [-0.39, 0.29) is 5.91 Å². The Morgan fingerprint density at radius 2 is 1.90 bits per heavy atom. The molecule has 0 aliphatic carbocycles. The molecule has 3 heterocycles. The lowest BCUT2D eigenvalue weighted by atomic mass is 10.3. The van der Waals surface area contributed by atoms with Crippen LogP contribution in [-0.2, 0) is 0 Å². The van der Waals surface area contributed by atoms with Gasteiger partial charge in [0, 0.05) is 16.7 Å². The Bertz CT molecular complexity index is 1190. The van der Waals surface area contributed by atoms with Crippen molar-refractivity contribution in [1.82, 2.24) is 14.4 Å². The second-order valence-corrected chi connectivity index (χ2v) is 7.13. The van der Waals surface area contributed by atoms with Gasteiger partial charge >= 0.3 is 0 Å². The SMILES string of the molecule is COc1ccccc1Oc1ccc(NC(=O)c2c(C)nc3ccc(Br)cn23)cn1. The quantitative estimate of drug-likeness (QED) is 0.467. The van der Waals surface area contributed by atoms with E-state index < -0.39 is 0 Å². The molecule has 0 radical (unpaired) electrons. The van der Waals surface area contributed by atoms with Gasteiger partial charge in [-0.3, -0.25) is 9.20 Å². The number of methoxy groups -OCH3 is 1. The maximum Gasteiger partial charge on any atom is 0.274 e. The molecular formula is C21H17BrN4O3. The summed E-state index contributed by atoms with van der Waals surface area (Å²) in [6, 6.07) is 14.4. The van der Waals surface area contributed by atoms with Crippen LogP contribution in [0.2, 0.25) is 0 Å². The van der Waals surface area contributed by atoms with Gasteiger partial charge in [-0.25, -0.2) is 9.97 Å². The van der Waals surface area contributed by atoms with Crippen LogP contribution in [0.4, 0.5) is 5.69 Å². The molecule has 0 aliphatic heterocycles. The van der Waals surface area contributed by atoms with E-state index in [0.29, 0.717) is 40.1 Å². The normalized spacial score (nSPS) is 10.7. The zero-order valence-corrected chi connectivity index (χ0v) is 17.3. The number of aryl methyl sites for hydroxylation is 1. The summed E-state index contributed by atoms with van der Waals surface area (Å²) in [6.07, 6.45) is 3.35. The molecule has 29 heavy (non-hydrogen) atoms. The van der Waals surface area contributed by atoms with Crippen molar-refractivity contribution in [3.05, 3.63) is 76.8 Å². The number of para-hydroxylation sites is 2. The number of halogens is 1. The van der Waals surface area contributed by atoms with Gasteiger partial charge in [-0.15, -0.1) is 0 Å². The van der Waals surface area contributed by atoms with Crippen LogP contribution < -0.4 is 14.8 Å². The van der Waals surface area contributed by atoms with Crippen LogP contribution in [0.5, 0.6) is 17.4 Å². The van der Waals surface area contributed by atoms with Crippen molar-refractivity contribution >= 4 is 33.2 Å². The summed E-state index contributed by atoms with van der Waals surface area (Å²) in [5.74, 6) is 1.29. The van der Waals surface area contributed by atoms with E-state index in [9.17, 15) is 4.79 Å². The predicted molar refractivity (Wildman–Crippen MR) is 113 cm³/mol. The van der Waals surface area contributed by atoms with E-state index in [0.717, 1.165) is 4.47 Å². The largest absolute Gasteiger partial charge is 0.493 e. The van der Waals surface area contributed by atoms with Crippen molar-refractivity contribution in [2.45, 2.75) is 6.92 Å². The van der Waals surface area contributed by atoms with E-state index in [2.05, 4.69) is 31.2 Å². The maximum absolute atomic E-state index is 12.8. The van der Waals surface area contributed by atoms with Gasteiger partial charge < -0.3 is 14.8 Å². The number of pyridine rings is 2. The molecule has 0 fully saturated rings. The average molecular weight is 453 g/mol. The molecule has 0 saturated carbocycles. The number of imidazole rings is 1. The van der Waals surface area contributed by atoms with Crippen molar-refractivity contribution in [3.63, 3.8) is 0 Å². The second kappa shape index (κ2) is 7.92. The van der Waals surface area contributed by atoms with Gasteiger partial charge in [0.1, 0.15) is 11.3 Å². The van der Waals surface area contributed by atoms with Crippen molar-refractivity contribution in [3.8, 4) is 17.4 Å². The zero-order valence-electron chi connectivity index (χ0n) is 15.7. The van der Waals surface area contributed by atoms with Crippen molar-refractivity contribution in [2.24, 2.45) is 0 Å². The fraction of sp³-hybridized carbons (Fsp3) is 0.0952. The summed E-state index contributed by atoms with van der Waals surface area (Å²) in [6.45, 7) is 1.80. The van der Waals surface area contributed by atoms with Crippen LogP contribution in [0.1, 0.15) is 16.2 Å². The number of benzene rings is 1. The van der Waals surface area contributed by atoms with Crippen molar-refractivity contribution in [2.75, 3.05) is 12.4 Å². The summed E-state index contributed by atoms with van der Waals surface area (Å²) in [5, 5.41) is 2.85. The van der Waals surface area contributed by atoms with Crippen LogP contribution in [0.15, 0.2) is 65.4 Å². The summed E-state index contributed by atoms with van der Waals surface area (Å²) in [5.41, 5.74) is 2.36. The number of anilines is 1.